The van der Waals surface area contributed by atoms with Crippen LogP contribution in [0.2, 0.25) is 0 Å². The smallest absolute Gasteiger partial charge is 0.119 e. The van der Waals surface area contributed by atoms with Gasteiger partial charge in [0.15, 0.2) is 0 Å². The molecule has 3 nitrogen and oxygen atoms in total. The van der Waals surface area contributed by atoms with Gasteiger partial charge in [0.25, 0.3) is 0 Å². The lowest BCUT2D eigenvalue weighted by atomic mass is 9.81. The summed E-state index contributed by atoms with van der Waals surface area (Å²) in [4.78, 5) is 0.850. The van der Waals surface area contributed by atoms with E-state index < -0.39 is 0 Å². The number of nitrogens with zero attached hydrogens (tertiary/aromatic N) is 1. The Kier molecular flexibility index (Phi) is 4.67. The van der Waals surface area contributed by atoms with Gasteiger partial charge in [-0.25, -0.2) is 0 Å². The molecular formula is C25H26N2OS. The first-order valence-electron chi connectivity index (χ1n) is 10.4. The third-order valence-electron chi connectivity index (χ3n) is 6.32. The molecule has 2 aliphatic rings. The van der Waals surface area contributed by atoms with Crippen molar-refractivity contribution >= 4 is 33.8 Å². The topological polar surface area (TPSA) is 26.2 Å². The van der Waals surface area contributed by atoms with Crippen LogP contribution in [0.3, 0.4) is 0 Å². The first kappa shape index (κ1) is 18.4. The maximum atomic E-state index is 5.90. The van der Waals surface area contributed by atoms with Crippen molar-refractivity contribution in [2.45, 2.75) is 45.1 Å². The Morgan fingerprint density at radius 1 is 1.17 bits per heavy atom. The molecule has 1 N–H and O–H groups in total. The van der Waals surface area contributed by atoms with Gasteiger partial charge in [0.1, 0.15) is 10.7 Å². The van der Waals surface area contributed by atoms with Crippen molar-refractivity contribution in [3.8, 4) is 5.75 Å². The standard InChI is InChI=1S/C25H26N2OS/c1-16-8-13-23-22(15-16)20-6-3-5-19-21(7-4-14-27(23)24(19)20)25(29)26-17-9-11-18(28-2)12-10-17/h7-13,15,19H,3-6,14H2,1-2H3,(H,26,29). The molecule has 2 aromatic carbocycles. The summed E-state index contributed by atoms with van der Waals surface area (Å²) in [5.41, 5.74) is 8.06. The van der Waals surface area contributed by atoms with E-state index in [-0.39, 0.29) is 0 Å². The van der Waals surface area contributed by atoms with Crippen LogP contribution < -0.4 is 10.1 Å². The van der Waals surface area contributed by atoms with E-state index in [4.69, 9.17) is 17.0 Å². The molecule has 0 radical (unpaired) electrons. The Bertz CT molecular complexity index is 1120. The van der Waals surface area contributed by atoms with Crippen molar-refractivity contribution in [1.82, 2.24) is 4.57 Å². The SMILES string of the molecule is COc1ccc(NC(=S)C2=CCCn3c4c(c5cc(C)ccc53)CCCC24)cc1. The molecule has 1 aromatic heterocycles. The minimum absolute atomic E-state index is 0.382. The normalized spacial score (nSPS) is 18.0. The van der Waals surface area contributed by atoms with Gasteiger partial charge in [0.2, 0.25) is 0 Å². The van der Waals surface area contributed by atoms with Gasteiger partial charge in [-0.1, -0.05) is 29.9 Å². The number of hydrogen-bond donors (Lipinski definition) is 1. The van der Waals surface area contributed by atoms with Crippen molar-refractivity contribution in [3.05, 3.63) is 70.9 Å². The highest BCUT2D eigenvalue weighted by Gasteiger charge is 2.32. The van der Waals surface area contributed by atoms with Gasteiger partial charge in [-0.2, -0.15) is 0 Å². The van der Waals surface area contributed by atoms with E-state index in [1.54, 1.807) is 12.7 Å². The number of hydrogen-bond acceptors (Lipinski definition) is 2. The molecule has 148 valence electrons. The van der Waals surface area contributed by atoms with Gasteiger partial charge < -0.3 is 14.6 Å². The third-order valence-corrected chi connectivity index (χ3v) is 6.66. The van der Waals surface area contributed by atoms with Crippen LogP contribution in [-0.2, 0) is 13.0 Å². The zero-order chi connectivity index (χ0) is 20.0. The van der Waals surface area contributed by atoms with Gasteiger partial charge in [-0.15, -0.1) is 0 Å². The predicted octanol–water partition coefficient (Wildman–Crippen LogP) is 6.15. The summed E-state index contributed by atoms with van der Waals surface area (Å²) in [6, 6.07) is 14.9. The van der Waals surface area contributed by atoms with Gasteiger partial charge in [-0.05, 0) is 80.1 Å². The first-order valence-corrected chi connectivity index (χ1v) is 10.8. The molecule has 0 saturated carbocycles. The second-order valence-corrected chi connectivity index (χ2v) is 8.52. The average Bonchev–Trinajstić information content (AvgIpc) is 2.91. The fourth-order valence-electron chi connectivity index (χ4n) is 5.00. The van der Waals surface area contributed by atoms with Gasteiger partial charge in [0.05, 0.1) is 7.11 Å². The number of anilines is 1. The molecule has 29 heavy (non-hydrogen) atoms. The molecule has 1 unspecified atom stereocenters. The highest BCUT2D eigenvalue weighted by molar-refractivity contribution is 7.81. The lowest BCUT2D eigenvalue weighted by Crippen LogP contribution is -2.21. The molecule has 0 fully saturated rings. The summed E-state index contributed by atoms with van der Waals surface area (Å²) in [6.07, 6.45) is 6.93. The largest absolute Gasteiger partial charge is 0.497 e. The van der Waals surface area contributed by atoms with Crippen molar-refractivity contribution in [2.24, 2.45) is 0 Å². The molecule has 0 spiro atoms. The van der Waals surface area contributed by atoms with Crippen LogP contribution in [0.1, 0.15) is 42.0 Å². The Morgan fingerprint density at radius 3 is 2.79 bits per heavy atom. The van der Waals surface area contributed by atoms with Gasteiger partial charge >= 0.3 is 0 Å². The lowest BCUT2D eigenvalue weighted by Gasteiger charge is -2.27. The van der Waals surface area contributed by atoms with Crippen molar-refractivity contribution in [2.75, 3.05) is 12.4 Å². The van der Waals surface area contributed by atoms with E-state index in [1.165, 1.54) is 47.0 Å². The lowest BCUT2D eigenvalue weighted by molar-refractivity contribution is 0.415. The molecule has 0 amide bonds. The maximum Gasteiger partial charge on any atom is 0.119 e. The van der Waals surface area contributed by atoms with Crippen LogP contribution in [0.5, 0.6) is 5.75 Å². The molecule has 0 bridgehead atoms. The fraction of sp³-hybridized carbons (Fsp3) is 0.320. The molecule has 4 heteroatoms. The Labute approximate surface area is 177 Å². The first-order chi connectivity index (χ1) is 14.2. The Morgan fingerprint density at radius 2 is 2.00 bits per heavy atom. The van der Waals surface area contributed by atoms with Crippen LogP contribution in [0.25, 0.3) is 10.9 Å². The number of allylic oxidation sites excluding steroid dienone is 1. The van der Waals surface area contributed by atoms with Gasteiger partial charge in [0, 0.05) is 34.7 Å². The fourth-order valence-corrected chi connectivity index (χ4v) is 5.35. The minimum Gasteiger partial charge on any atom is -0.497 e. The summed E-state index contributed by atoms with van der Waals surface area (Å²) in [6.45, 7) is 3.22. The monoisotopic (exact) mass is 402 g/mol. The van der Waals surface area contributed by atoms with Crippen LogP contribution in [0, 0.1) is 6.92 Å². The van der Waals surface area contributed by atoms with E-state index in [2.05, 4.69) is 41.1 Å². The van der Waals surface area contributed by atoms with Crippen LogP contribution in [0.4, 0.5) is 5.69 Å². The third kappa shape index (κ3) is 3.16. The second-order valence-electron chi connectivity index (χ2n) is 8.11. The number of aryl methyl sites for hydroxylation is 3. The zero-order valence-electron chi connectivity index (χ0n) is 17.0. The van der Waals surface area contributed by atoms with Crippen molar-refractivity contribution in [3.63, 3.8) is 0 Å². The number of aromatic nitrogens is 1. The maximum absolute atomic E-state index is 5.90. The number of ether oxygens (including phenoxy) is 1. The molecule has 1 aliphatic carbocycles. The van der Waals surface area contributed by atoms with E-state index >= 15 is 0 Å². The predicted molar refractivity (Wildman–Crippen MR) is 124 cm³/mol. The molecule has 1 atom stereocenters. The van der Waals surface area contributed by atoms with Gasteiger partial charge in [-0.3, -0.25) is 0 Å². The summed E-state index contributed by atoms with van der Waals surface area (Å²) in [7, 11) is 1.69. The van der Waals surface area contributed by atoms with Crippen LogP contribution in [0.15, 0.2) is 54.1 Å². The molecule has 1 aliphatic heterocycles. The Hall–Kier alpha value is -2.59. The van der Waals surface area contributed by atoms with Crippen LogP contribution in [-0.4, -0.2) is 16.7 Å². The van der Waals surface area contributed by atoms with Crippen molar-refractivity contribution < 1.29 is 4.74 Å². The number of benzene rings is 2. The second kappa shape index (κ2) is 7.34. The average molecular weight is 403 g/mol. The minimum atomic E-state index is 0.382. The molecule has 3 aromatic rings. The number of nitrogens with one attached hydrogen (secondary N) is 1. The van der Waals surface area contributed by atoms with Crippen molar-refractivity contribution in [1.29, 1.82) is 0 Å². The quantitative estimate of drug-likeness (QED) is 0.532. The summed E-state index contributed by atoms with van der Waals surface area (Å²) in [5.74, 6) is 1.24. The number of rotatable bonds is 3. The molecular weight excluding hydrogens is 376 g/mol. The molecule has 0 saturated heterocycles. The highest BCUT2D eigenvalue weighted by Crippen LogP contribution is 2.44. The summed E-state index contributed by atoms with van der Waals surface area (Å²) >= 11 is 5.90. The van der Waals surface area contributed by atoms with E-state index in [9.17, 15) is 0 Å². The number of methoxy groups -OCH3 is 1. The number of fused-ring (bicyclic) bond motifs is 3. The summed E-state index contributed by atoms with van der Waals surface area (Å²) < 4.78 is 7.83. The van der Waals surface area contributed by atoms with E-state index in [1.807, 2.05) is 24.3 Å². The highest BCUT2D eigenvalue weighted by atomic mass is 32.1. The molecule has 5 rings (SSSR count). The zero-order valence-corrected chi connectivity index (χ0v) is 17.8. The van der Waals surface area contributed by atoms with Crippen LogP contribution >= 0.6 is 12.2 Å². The summed E-state index contributed by atoms with van der Waals surface area (Å²) in [5, 5.41) is 4.92. The molecule has 2 heterocycles. The number of thiocarbonyl (C=S) groups is 1. The van der Waals surface area contributed by atoms with E-state index in [0.717, 1.165) is 29.4 Å². The van der Waals surface area contributed by atoms with E-state index in [0.29, 0.717) is 5.92 Å². The Balaban J connectivity index is 1.52.